The largest absolute Gasteiger partial charge is 0.369 e. The number of aromatic nitrogens is 2. The molecule has 0 saturated heterocycles. The van der Waals surface area contributed by atoms with E-state index in [0.29, 0.717) is 22.6 Å². The maximum absolute atomic E-state index is 14.6. The Bertz CT molecular complexity index is 1400. The molecule has 0 saturated carbocycles. The monoisotopic (exact) mass is 490 g/mol. The number of fused-ring (bicyclic) bond motifs is 1. The van der Waals surface area contributed by atoms with E-state index in [-0.39, 0.29) is 28.1 Å². The summed E-state index contributed by atoms with van der Waals surface area (Å²) >= 11 is 1.09. The Hall–Kier alpha value is -3.65. The fourth-order valence-electron chi connectivity index (χ4n) is 3.96. The molecular formula is C27H27FN4O2S. The first-order valence-corrected chi connectivity index (χ1v) is 12.4. The van der Waals surface area contributed by atoms with Crippen molar-refractivity contribution < 1.29 is 9.18 Å². The zero-order valence-corrected chi connectivity index (χ0v) is 20.7. The molecular weight excluding hydrogens is 463 g/mol. The lowest BCUT2D eigenvalue weighted by Gasteiger charge is -2.27. The van der Waals surface area contributed by atoms with Gasteiger partial charge in [-0.1, -0.05) is 36.0 Å². The minimum atomic E-state index is -0.541. The third-order valence-electron chi connectivity index (χ3n) is 5.62. The summed E-state index contributed by atoms with van der Waals surface area (Å²) in [7, 11) is 0. The van der Waals surface area contributed by atoms with Gasteiger partial charge in [0.1, 0.15) is 5.82 Å². The van der Waals surface area contributed by atoms with Crippen molar-refractivity contribution in [3.05, 3.63) is 89.0 Å². The predicted molar refractivity (Wildman–Crippen MR) is 141 cm³/mol. The molecule has 35 heavy (non-hydrogen) atoms. The minimum absolute atomic E-state index is 0.00800. The summed E-state index contributed by atoms with van der Waals surface area (Å²) in [6.07, 6.45) is 0. The fourth-order valence-corrected chi connectivity index (χ4v) is 4.77. The Morgan fingerprint density at radius 1 is 1.06 bits per heavy atom. The standard InChI is InChI=1S/C27H27FN4O2S/c1-4-31(18(2)3)20-15-13-19(14-16-20)29-25(33)17-35-27-30-23-11-7-5-9-21(23)26(34)32(27)24-12-8-6-10-22(24)28/h5-16,18H,4,17H2,1-3H3,(H,29,33). The van der Waals surface area contributed by atoms with Crippen LogP contribution in [0.3, 0.4) is 0 Å². The molecule has 0 radical (unpaired) electrons. The molecule has 0 aliphatic carbocycles. The molecule has 4 aromatic rings. The van der Waals surface area contributed by atoms with E-state index < -0.39 is 5.82 Å². The van der Waals surface area contributed by atoms with Gasteiger partial charge < -0.3 is 10.2 Å². The van der Waals surface area contributed by atoms with E-state index in [0.717, 1.165) is 24.0 Å². The lowest BCUT2D eigenvalue weighted by Crippen LogP contribution is -2.30. The molecule has 0 atom stereocenters. The molecule has 0 unspecified atom stereocenters. The highest BCUT2D eigenvalue weighted by molar-refractivity contribution is 7.99. The zero-order valence-electron chi connectivity index (χ0n) is 19.9. The topological polar surface area (TPSA) is 67.2 Å². The average Bonchev–Trinajstić information content (AvgIpc) is 2.85. The van der Waals surface area contributed by atoms with Gasteiger partial charge in [0.2, 0.25) is 5.91 Å². The summed E-state index contributed by atoms with van der Waals surface area (Å²) < 4.78 is 15.8. The quantitative estimate of drug-likeness (QED) is 0.261. The van der Waals surface area contributed by atoms with Crippen LogP contribution in [0.5, 0.6) is 0 Å². The number of carbonyl (C=O) groups is 1. The van der Waals surface area contributed by atoms with Crippen LogP contribution in [-0.2, 0) is 4.79 Å². The molecule has 0 bridgehead atoms. The average molecular weight is 491 g/mol. The van der Waals surface area contributed by atoms with Gasteiger partial charge in [0, 0.05) is 24.0 Å². The fraction of sp³-hybridized carbons (Fsp3) is 0.222. The van der Waals surface area contributed by atoms with E-state index in [1.165, 1.54) is 16.7 Å². The summed E-state index contributed by atoms with van der Waals surface area (Å²) in [5.41, 5.74) is 1.97. The molecule has 0 fully saturated rings. The van der Waals surface area contributed by atoms with Crippen molar-refractivity contribution in [2.24, 2.45) is 0 Å². The van der Waals surface area contributed by atoms with Gasteiger partial charge in [-0.05, 0) is 69.3 Å². The van der Waals surface area contributed by atoms with Gasteiger partial charge in [0.05, 0.1) is 22.3 Å². The van der Waals surface area contributed by atoms with Crippen LogP contribution in [-0.4, -0.2) is 33.8 Å². The number of rotatable bonds is 8. The number of anilines is 2. The highest BCUT2D eigenvalue weighted by atomic mass is 32.2. The number of para-hydroxylation sites is 2. The van der Waals surface area contributed by atoms with Gasteiger partial charge in [0.15, 0.2) is 5.16 Å². The number of halogens is 1. The maximum atomic E-state index is 14.6. The molecule has 1 amide bonds. The Labute approximate surface area is 207 Å². The highest BCUT2D eigenvalue weighted by Crippen LogP contribution is 2.24. The Kier molecular flexibility index (Phi) is 7.51. The highest BCUT2D eigenvalue weighted by Gasteiger charge is 2.17. The van der Waals surface area contributed by atoms with Gasteiger partial charge in [-0.3, -0.25) is 14.2 Å². The molecule has 0 spiro atoms. The predicted octanol–water partition coefficient (Wildman–Crippen LogP) is 5.49. The molecule has 180 valence electrons. The van der Waals surface area contributed by atoms with Crippen molar-refractivity contribution in [2.45, 2.75) is 32.0 Å². The Morgan fingerprint density at radius 3 is 2.43 bits per heavy atom. The lowest BCUT2D eigenvalue weighted by molar-refractivity contribution is -0.113. The van der Waals surface area contributed by atoms with E-state index >= 15 is 0 Å². The number of hydrogen-bond donors (Lipinski definition) is 1. The number of carbonyl (C=O) groups excluding carboxylic acids is 1. The molecule has 8 heteroatoms. The van der Waals surface area contributed by atoms with Gasteiger partial charge in [0.25, 0.3) is 5.56 Å². The van der Waals surface area contributed by atoms with Gasteiger partial charge in [-0.25, -0.2) is 9.37 Å². The zero-order chi connectivity index (χ0) is 24.9. The molecule has 3 aromatic carbocycles. The first-order chi connectivity index (χ1) is 16.9. The second kappa shape index (κ2) is 10.7. The first kappa shape index (κ1) is 24.5. The van der Waals surface area contributed by atoms with Crippen LogP contribution >= 0.6 is 11.8 Å². The number of thioether (sulfide) groups is 1. The SMILES string of the molecule is CCN(c1ccc(NC(=O)CSc2nc3ccccc3c(=O)n2-c2ccccc2F)cc1)C(C)C. The Balaban J connectivity index is 1.56. The smallest absolute Gasteiger partial charge is 0.266 e. The van der Waals surface area contributed by atoms with E-state index in [2.05, 4.69) is 36.0 Å². The summed E-state index contributed by atoms with van der Waals surface area (Å²) in [6.45, 7) is 7.27. The third kappa shape index (κ3) is 5.38. The first-order valence-electron chi connectivity index (χ1n) is 11.4. The van der Waals surface area contributed by atoms with Crippen molar-refractivity contribution in [1.82, 2.24) is 9.55 Å². The van der Waals surface area contributed by atoms with Crippen molar-refractivity contribution in [2.75, 3.05) is 22.5 Å². The van der Waals surface area contributed by atoms with Crippen molar-refractivity contribution in [1.29, 1.82) is 0 Å². The van der Waals surface area contributed by atoms with Crippen LogP contribution in [0, 0.1) is 5.82 Å². The van der Waals surface area contributed by atoms with E-state index in [9.17, 15) is 14.0 Å². The van der Waals surface area contributed by atoms with Crippen LogP contribution < -0.4 is 15.8 Å². The van der Waals surface area contributed by atoms with Crippen LogP contribution in [0.25, 0.3) is 16.6 Å². The van der Waals surface area contributed by atoms with E-state index in [4.69, 9.17) is 0 Å². The van der Waals surface area contributed by atoms with Crippen molar-refractivity contribution in [3.8, 4) is 5.69 Å². The molecule has 1 heterocycles. The molecule has 6 nitrogen and oxygen atoms in total. The molecule has 0 aliphatic rings. The molecule has 0 aliphatic heterocycles. The maximum Gasteiger partial charge on any atom is 0.266 e. The van der Waals surface area contributed by atoms with Crippen LogP contribution in [0.4, 0.5) is 15.8 Å². The van der Waals surface area contributed by atoms with Gasteiger partial charge >= 0.3 is 0 Å². The van der Waals surface area contributed by atoms with Crippen molar-refractivity contribution in [3.63, 3.8) is 0 Å². The van der Waals surface area contributed by atoms with Gasteiger partial charge in [-0.2, -0.15) is 0 Å². The Morgan fingerprint density at radius 2 is 1.74 bits per heavy atom. The number of nitrogens with zero attached hydrogens (tertiary/aromatic N) is 3. The second-order valence-corrected chi connectivity index (χ2v) is 9.21. The normalized spacial score (nSPS) is 11.1. The molecule has 4 rings (SSSR count). The van der Waals surface area contributed by atoms with Crippen molar-refractivity contribution >= 4 is 39.9 Å². The van der Waals surface area contributed by atoms with Gasteiger partial charge in [-0.15, -0.1) is 0 Å². The summed E-state index contributed by atoms with van der Waals surface area (Å²) in [6, 6.07) is 21.0. The lowest BCUT2D eigenvalue weighted by atomic mass is 10.2. The number of hydrogen-bond acceptors (Lipinski definition) is 5. The second-order valence-electron chi connectivity index (χ2n) is 8.27. The summed E-state index contributed by atoms with van der Waals surface area (Å²) in [4.78, 5) is 32.8. The summed E-state index contributed by atoms with van der Waals surface area (Å²) in [5, 5.41) is 3.51. The minimum Gasteiger partial charge on any atom is -0.369 e. The third-order valence-corrected chi connectivity index (χ3v) is 6.56. The van der Waals surface area contributed by atoms with Crippen LogP contribution in [0.2, 0.25) is 0 Å². The van der Waals surface area contributed by atoms with Crippen LogP contribution in [0.15, 0.2) is 82.7 Å². The van der Waals surface area contributed by atoms with E-state index in [1.807, 2.05) is 24.3 Å². The number of benzene rings is 3. The summed E-state index contributed by atoms with van der Waals surface area (Å²) in [5.74, 6) is -0.782. The number of amides is 1. The number of nitrogens with one attached hydrogen (secondary N) is 1. The van der Waals surface area contributed by atoms with E-state index in [1.54, 1.807) is 36.4 Å². The molecule has 1 N–H and O–H groups in total. The van der Waals surface area contributed by atoms with Crippen LogP contribution in [0.1, 0.15) is 20.8 Å². The molecule has 1 aromatic heterocycles.